The Kier molecular flexibility index (Phi) is 1.64. The number of aromatic hydroxyl groups is 2. The van der Waals surface area contributed by atoms with Crippen molar-refractivity contribution < 1.29 is 10.2 Å². The van der Waals surface area contributed by atoms with E-state index in [1.54, 1.807) is 6.07 Å². The minimum atomic E-state index is 0.321. The Labute approximate surface area is 88.9 Å². The van der Waals surface area contributed by atoms with E-state index in [1.165, 1.54) is 0 Å². The summed E-state index contributed by atoms with van der Waals surface area (Å²) >= 11 is 0. The third-order valence-electron chi connectivity index (χ3n) is 3.64. The van der Waals surface area contributed by atoms with Gasteiger partial charge in [-0.15, -0.1) is 0 Å². The molecule has 78 valence electrons. The minimum Gasteiger partial charge on any atom is -0.508 e. The van der Waals surface area contributed by atoms with Gasteiger partial charge in [-0.1, -0.05) is 19.1 Å². The molecular formula is C13H14O2. The van der Waals surface area contributed by atoms with Crippen LogP contribution in [0.25, 0.3) is 0 Å². The Morgan fingerprint density at radius 1 is 1.20 bits per heavy atom. The first-order chi connectivity index (χ1) is 7.22. The number of allylic oxidation sites excluding steroid dienone is 2. The average molecular weight is 202 g/mol. The molecule has 0 radical (unpaired) electrons. The summed E-state index contributed by atoms with van der Waals surface area (Å²) < 4.78 is 0. The van der Waals surface area contributed by atoms with E-state index in [9.17, 15) is 10.2 Å². The molecule has 0 amide bonds. The lowest BCUT2D eigenvalue weighted by atomic mass is 9.92. The van der Waals surface area contributed by atoms with Crippen LogP contribution in [-0.4, -0.2) is 10.2 Å². The van der Waals surface area contributed by atoms with Crippen molar-refractivity contribution in [2.24, 2.45) is 0 Å². The zero-order valence-corrected chi connectivity index (χ0v) is 8.70. The summed E-state index contributed by atoms with van der Waals surface area (Å²) in [5, 5.41) is 20.1. The van der Waals surface area contributed by atoms with Crippen LogP contribution < -0.4 is 0 Å². The van der Waals surface area contributed by atoms with Crippen LogP contribution in [0.5, 0.6) is 11.5 Å². The van der Waals surface area contributed by atoms with Gasteiger partial charge in [0.2, 0.25) is 0 Å². The number of fused-ring (bicyclic) bond motifs is 5. The highest BCUT2D eigenvalue weighted by molar-refractivity contribution is 5.62. The third-order valence-corrected chi connectivity index (χ3v) is 3.64. The molecule has 0 aromatic heterocycles. The molecule has 2 nitrogen and oxygen atoms in total. The molecule has 0 saturated carbocycles. The fraction of sp³-hybridized carbons (Fsp3) is 0.385. The maximum absolute atomic E-state index is 10.1. The van der Waals surface area contributed by atoms with E-state index in [1.807, 2.05) is 6.92 Å². The van der Waals surface area contributed by atoms with Gasteiger partial charge >= 0.3 is 0 Å². The number of phenolic OH excluding ortho intramolecular Hbond substituents is 2. The molecule has 0 aliphatic heterocycles. The van der Waals surface area contributed by atoms with E-state index in [2.05, 4.69) is 12.2 Å². The number of benzene rings is 1. The Morgan fingerprint density at radius 3 is 2.53 bits per heavy atom. The predicted molar refractivity (Wildman–Crippen MR) is 58.4 cm³/mol. The van der Waals surface area contributed by atoms with Crippen molar-refractivity contribution in [3.8, 4) is 11.5 Å². The quantitative estimate of drug-likeness (QED) is 0.543. The van der Waals surface area contributed by atoms with Gasteiger partial charge in [0.25, 0.3) is 0 Å². The van der Waals surface area contributed by atoms with Gasteiger partial charge in [0.15, 0.2) is 0 Å². The highest BCUT2D eigenvalue weighted by atomic mass is 16.3. The fourth-order valence-corrected chi connectivity index (χ4v) is 2.91. The molecule has 2 aliphatic rings. The highest BCUT2D eigenvalue weighted by Gasteiger charge is 2.37. The molecule has 0 saturated heterocycles. The minimum absolute atomic E-state index is 0.321. The second kappa shape index (κ2) is 2.78. The number of aryl methyl sites for hydroxylation is 1. The van der Waals surface area contributed by atoms with E-state index < -0.39 is 0 Å². The lowest BCUT2D eigenvalue weighted by Gasteiger charge is -2.16. The van der Waals surface area contributed by atoms with Gasteiger partial charge in [-0.05, 0) is 24.5 Å². The number of hydrogen-bond acceptors (Lipinski definition) is 2. The molecule has 2 N–H and O–H groups in total. The van der Waals surface area contributed by atoms with Crippen LogP contribution in [0.15, 0.2) is 18.2 Å². The monoisotopic (exact) mass is 202 g/mol. The van der Waals surface area contributed by atoms with Gasteiger partial charge in [-0.25, -0.2) is 0 Å². The normalized spacial score (nSPS) is 25.9. The second-order valence-corrected chi connectivity index (χ2v) is 4.42. The summed E-state index contributed by atoms with van der Waals surface area (Å²) in [6.07, 6.45) is 6.06. The molecule has 15 heavy (non-hydrogen) atoms. The van der Waals surface area contributed by atoms with Crippen LogP contribution in [0.4, 0.5) is 0 Å². The van der Waals surface area contributed by atoms with Crippen molar-refractivity contribution in [1.29, 1.82) is 0 Å². The van der Waals surface area contributed by atoms with Gasteiger partial charge in [-0.2, -0.15) is 0 Å². The highest BCUT2D eigenvalue weighted by Crippen LogP contribution is 2.55. The average Bonchev–Trinajstić information content (AvgIpc) is 2.83. The van der Waals surface area contributed by atoms with Crippen molar-refractivity contribution in [1.82, 2.24) is 0 Å². The summed E-state index contributed by atoms with van der Waals surface area (Å²) in [5.74, 6) is 1.41. The summed E-state index contributed by atoms with van der Waals surface area (Å²) in [6.45, 7) is 1.99. The van der Waals surface area contributed by atoms with Crippen molar-refractivity contribution >= 4 is 0 Å². The summed E-state index contributed by atoms with van der Waals surface area (Å²) in [7, 11) is 0. The largest absolute Gasteiger partial charge is 0.508 e. The van der Waals surface area contributed by atoms with Crippen LogP contribution in [0.2, 0.25) is 0 Å². The maximum atomic E-state index is 10.1. The number of rotatable bonds is 1. The lowest BCUT2D eigenvalue weighted by molar-refractivity contribution is 0.445. The fourth-order valence-electron chi connectivity index (χ4n) is 2.91. The Balaban J connectivity index is 2.28. The second-order valence-electron chi connectivity index (χ2n) is 4.42. The Bertz CT molecular complexity index is 460. The smallest absolute Gasteiger partial charge is 0.123 e. The standard InChI is InChI=1S/C13H14O2/c1-2-7-6-10(14)11-8-3-4-9(5-8)12(11)13(7)15/h3-4,6,8-9,14-15H,2,5H2,1H3/t8-,9+/m1/s1. The molecule has 0 heterocycles. The molecule has 2 bridgehead atoms. The first kappa shape index (κ1) is 8.84. The SMILES string of the molecule is CCc1cc(O)c2c(c1O)[C@H]1C=C[C@@H]2C1. The van der Waals surface area contributed by atoms with Crippen LogP contribution in [0.1, 0.15) is 41.9 Å². The van der Waals surface area contributed by atoms with Gasteiger partial charge < -0.3 is 10.2 Å². The Hall–Kier alpha value is -1.44. The van der Waals surface area contributed by atoms with E-state index in [4.69, 9.17) is 0 Å². The summed E-state index contributed by atoms with van der Waals surface area (Å²) in [5.41, 5.74) is 2.78. The zero-order chi connectivity index (χ0) is 10.6. The van der Waals surface area contributed by atoms with E-state index >= 15 is 0 Å². The van der Waals surface area contributed by atoms with Crippen LogP contribution in [0.3, 0.4) is 0 Å². The molecule has 1 aromatic rings. The van der Waals surface area contributed by atoms with Gasteiger partial charge in [0.1, 0.15) is 11.5 Å². The van der Waals surface area contributed by atoms with E-state index in [0.29, 0.717) is 23.3 Å². The topological polar surface area (TPSA) is 40.5 Å². The van der Waals surface area contributed by atoms with Crippen LogP contribution in [-0.2, 0) is 6.42 Å². The van der Waals surface area contributed by atoms with Gasteiger partial charge in [0.05, 0.1) is 0 Å². The molecule has 0 fully saturated rings. The van der Waals surface area contributed by atoms with Crippen molar-refractivity contribution in [2.75, 3.05) is 0 Å². The molecular weight excluding hydrogens is 188 g/mol. The van der Waals surface area contributed by atoms with Crippen molar-refractivity contribution in [3.63, 3.8) is 0 Å². The van der Waals surface area contributed by atoms with Gasteiger partial charge in [-0.3, -0.25) is 0 Å². The molecule has 1 aromatic carbocycles. The first-order valence-electron chi connectivity index (χ1n) is 5.48. The van der Waals surface area contributed by atoms with Crippen LogP contribution in [0, 0.1) is 0 Å². The molecule has 2 heteroatoms. The lowest BCUT2D eigenvalue weighted by Crippen LogP contribution is -1.97. The van der Waals surface area contributed by atoms with E-state index in [-0.39, 0.29) is 0 Å². The Morgan fingerprint density at radius 2 is 1.87 bits per heavy atom. The number of hydrogen-bond donors (Lipinski definition) is 2. The molecule has 2 atom stereocenters. The number of phenols is 2. The third kappa shape index (κ3) is 0.993. The van der Waals surface area contributed by atoms with Crippen LogP contribution >= 0.6 is 0 Å². The summed E-state index contributed by atoms with van der Waals surface area (Å²) in [6, 6.07) is 1.71. The molecule has 2 aliphatic carbocycles. The summed E-state index contributed by atoms with van der Waals surface area (Å²) in [4.78, 5) is 0. The molecule has 0 spiro atoms. The molecule has 3 rings (SSSR count). The van der Waals surface area contributed by atoms with Gasteiger partial charge in [0, 0.05) is 23.0 Å². The van der Waals surface area contributed by atoms with Crippen molar-refractivity contribution in [3.05, 3.63) is 34.9 Å². The zero-order valence-electron chi connectivity index (χ0n) is 8.70. The first-order valence-corrected chi connectivity index (χ1v) is 5.48. The maximum Gasteiger partial charge on any atom is 0.123 e. The molecule has 0 unspecified atom stereocenters. The predicted octanol–water partition coefficient (Wildman–Crippen LogP) is 2.80. The van der Waals surface area contributed by atoms with E-state index in [0.717, 1.165) is 29.5 Å². The van der Waals surface area contributed by atoms with Crippen molar-refractivity contribution in [2.45, 2.75) is 31.6 Å².